The van der Waals surface area contributed by atoms with E-state index in [1.165, 1.54) is 19.8 Å². The van der Waals surface area contributed by atoms with Gasteiger partial charge in [-0.15, -0.1) is 11.8 Å². The van der Waals surface area contributed by atoms with Crippen LogP contribution < -0.4 is 14.8 Å². The van der Waals surface area contributed by atoms with E-state index >= 15 is 0 Å². The van der Waals surface area contributed by atoms with Crippen LogP contribution in [0.15, 0.2) is 40.9 Å². The van der Waals surface area contributed by atoms with Gasteiger partial charge in [0.15, 0.2) is 0 Å². The second kappa shape index (κ2) is 9.20. The Morgan fingerprint density at radius 1 is 1.17 bits per heavy atom. The number of carbonyl (C=O) groups is 1. The van der Waals surface area contributed by atoms with Crippen LogP contribution in [-0.2, 0) is 10.5 Å². The van der Waals surface area contributed by atoms with Crippen LogP contribution in [0.1, 0.15) is 5.56 Å². The summed E-state index contributed by atoms with van der Waals surface area (Å²) in [7, 11) is 3.05. The van der Waals surface area contributed by atoms with Gasteiger partial charge in [0.05, 0.1) is 30.7 Å². The zero-order chi connectivity index (χ0) is 17.5. The second-order valence-corrected chi connectivity index (χ2v) is 7.16. The van der Waals surface area contributed by atoms with Crippen LogP contribution in [0.4, 0.5) is 5.69 Å². The van der Waals surface area contributed by atoms with E-state index in [4.69, 9.17) is 21.1 Å². The first-order valence-corrected chi connectivity index (χ1v) is 9.39. The fraction of sp³-hybridized carbons (Fsp3) is 0.235. The molecule has 0 aliphatic rings. The molecule has 128 valence electrons. The molecule has 0 bridgehead atoms. The van der Waals surface area contributed by atoms with E-state index in [0.717, 1.165) is 10.2 Å². The van der Waals surface area contributed by atoms with E-state index in [9.17, 15) is 4.79 Å². The van der Waals surface area contributed by atoms with Crippen molar-refractivity contribution in [2.45, 2.75) is 5.75 Å². The number of carbonyl (C=O) groups excluding carboxylic acids is 1. The van der Waals surface area contributed by atoms with E-state index in [2.05, 4.69) is 21.2 Å². The molecular formula is C17H17BrClNO3S. The van der Waals surface area contributed by atoms with Crippen molar-refractivity contribution in [1.29, 1.82) is 0 Å². The lowest BCUT2D eigenvalue weighted by Gasteiger charge is -2.13. The van der Waals surface area contributed by atoms with Crippen LogP contribution in [0.3, 0.4) is 0 Å². The summed E-state index contributed by atoms with van der Waals surface area (Å²) in [4.78, 5) is 12.1. The van der Waals surface area contributed by atoms with Crippen molar-refractivity contribution in [1.82, 2.24) is 0 Å². The van der Waals surface area contributed by atoms with Crippen molar-refractivity contribution in [2.75, 3.05) is 25.3 Å². The number of amides is 1. The van der Waals surface area contributed by atoms with Crippen LogP contribution in [0, 0.1) is 0 Å². The molecule has 0 fully saturated rings. The Bertz CT molecular complexity index is 710. The number of anilines is 1. The quantitative estimate of drug-likeness (QED) is 0.672. The molecule has 4 nitrogen and oxygen atoms in total. The third-order valence-corrected chi connectivity index (χ3v) is 4.99. The van der Waals surface area contributed by atoms with Crippen LogP contribution >= 0.6 is 39.3 Å². The Balaban J connectivity index is 1.93. The molecule has 0 radical (unpaired) electrons. The minimum atomic E-state index is -0.111. The summed E-state index contributed by atoms with van der Waals surface area (Å²) in [5, 5.41) is 3.26. The van der Waals surface area contributed by atoms with Gasteiger partial charge in [-0.3, -0.25) is 4.79 Å². The normalized spacial score (nSPS) is 10.3. The van der Waals surface area contributed by atoms with Gasteiger partial charge in [-0.2, -0.15) is 0 Å². The summed E-state index contributed by atoms with van der Waals surface area (Å²) in [6.45, 7) is 0. The Kier molecular flexibility index (Phi) is 7.27. The van der Waals surface area contributed by atoms with Gasteiger partial charge in [0, 0.05) is 22.4 Å². The van der Waals surface area contributed by atoms with Crippen molar-refractivity contribution in [2.24, 2.45) is 0 Å². The number of ether oxygens (including phenoxy) is 2. The molecule has 0 unspecified atom stereocenters. The molecule has 1 amide bonds. The number of hydrogen-bond acceptors (Lipinski definition) is 4. The largest absolute Gasteiger partial charge is 0.495 e. The minimum Gasteiger partial charge on any atom is -0.495 e. The first-order valence-electron chi connectivity index (χ1n) is 7.07. The molecule has 2 rings (SSSR count). The summed E-state index contributed by atoms with van der Waals surface area (Å²) in [6.07, 6.45) is 0. The first kappa shape index (κ1) is 19.0. The molecule has 0 aliphatic heterocycles. The Morgan fingerprint density at radius 3 is 2.46 bits per heavy atom. The molecule has 0 saturated carbocycles. The Hall–Kier alpha value is -1.37. The van der Waals surface area contributed by atoms with Gasteiger partial charge in [0.25, 0.3) is 0 Å². The highest BCUT2D eigenvalue weighted by Gasteiger charge is 2.12. The standard InChI is InChI=1S/C17H17BrClNO3S/c1-22-15-8-14(16(23-2)7-13(15)19)20-17(21)10-24-9-11-3-5-12(18)6-4-11/h3-8H,9-10H2,1-2H3,(H,20,21). The van der Waals surface area contributed by atoms with Gasteiger partial charge < -0.3 is 14.8 Å². The molecule has 0 heterocycles. The Labute approximate surface area is 159 Å². The van der Waals surface area contributed by atoms with E-state index in [-0.39, 0.29) is 5.91 Å². The van der Waals surface area contributed by atoms with Crippen molar-refractivity contribution in [3.8, 4) is 11.5 Å². The van der Waals surface area contributed by atoms with Gasteiger partial charge in [0.2, 0.25) is 5.91 Å². The number of hydrogen-bond donors (Lipinski definition) is 1. The number of thioether (sulfide) groups is 1. The van der Waals surface area contributed by atoms with Crippen LogP contribution in [0.25, 0.3) is 0 Å². The molecule has 1 N–H and O–H groups in total. The van der Waals surface area contributed by atoms with Crippen LogP contribution in [-0.4, -0.2) is 25.9 Å². The summed E-state index contributed by atoms with van der Waals surface area (Å²) < 4.78 is 11.5. The molecule has 24 heavy (non-hydrogen) atoms. The van der Waals surface area contributed by atoms with Gasteiger partial charge in [-0.1, -0.05) is 39.7 Å². The zero-order valence-electron chi connectivity index (χ0n) is 13.3. The maximum atomic E-state index is 12.1. The molecular weight excluding hydrogens is 414 g/mol. The van der Waals surface area contributed by atoms with Gasteiger partial charge in [-0.25, -0.2) is 0 Å². The predicted molar refractivity (Wildman–Crippen MR) is 103 cm³/mol. The highest BCUT2D eigenvalue weighted by atomic mass is 79.9. The average Bonchev–Trinajstić information content (AvgIpc) is 2.57. The molecule has 0 aromatic heterocycles. The number of halogens is 2. The lowest BCUT2D eigenvalue weighted by molar-refractivity contribution is -0.113. The van der Waals surface area contributed by atoms with E-state index in [0.29, 0.717) is 28.0 Å². The lowest BCUT2D eigenvalue weighted by atomic mass is 10.2. The zero-order valence-corrected chi connectivity index (χ0v) is 16.4. The minimum absolute atomic E-state index is 0.111. The van der Waals surface area contributed by atoms with E-state index in [1.807, 2.05) is 24.3 Å². The molecule has 2 aromatic rings. The number of rotatable bonds is 7. The first-order chi connectivity index (χ1) is 11.5. The van der Waals surface area contributed by atoms with Crippen molar-refractivity contribution in [3.63, 3.8) is 0 Å². The average molecular weight is 431 g/mol. The van der Waals surface area contributed by atoms with Gasteiger partial charge in [-0.05, 0) is 17.7 Å². The molecule has 0 atom stereocenters. The molecule has 7 heteroatoms. The van der Waals surface area contributed by atoms with Crippen molar-refractivity contribution >= 4 is 50.9 Å². The third-order valence-electron chi connectivity index (χ3n) is 3.16. The fourth-order valence-corrected chi connectivity index (χ4v) is 3.27. The number of nitrogens with one attached hydrogen (secondary N) is 1. The molecule has 0 saturated heterocycles. The summed E-state index contributed by atoms with van der Waals surface area (Å²) in [6, 6.07) is 11.3. The molecule has 2 aromatic carbocycles. The van der Waals surface area contributed by atoms with Crippen LogP contribution in [0.5, 0.6) is 11.5 Å². The summed E-state index contributed by atoms with van der Waals surface area (Å²) in [5.41, 5.74) is 1.70. The van der Waals surface area contributed by atoms with Crippen molar-refractivity contribution in [3.05, 3.63) is 51.5 Å². The Morgan fingerprint density at radius 2 is 1.83 bits per heavy atom. The lowest BCUT2D eigenvalue weighted by Crippen LogP contribution is -2.15. The van der Waals surface area contributed by atoms with Crippen molar-refractivity contribution < 1.29 is 14.3 Å². The second-order valence-electron chi connectivity index (χ2n) is 4.85. The SMILES string of the molecule is COc1cc(NC(=O)CSCc2ccc(Br)cc2)c(OC)cc1Cl. The summed E-state index contributed by atoms with van der Waals surface area (Å²) >= 11 is 11.0. The summed E-state index contributed by atoms with van der Waals surface area (Å²) in [5.74, 6) is 1.97. The predicted octanol–water partition coefficient (Wildman–Crippen LogP) is 4.99. The van der Waals surface area contributed by atoms with Gasteiger partial charge >= 0.3 is 0 Å². The third kappa shape index (κ3) is 5.33. The maximum Gasteiger partial charge on any atom is 0.234 e. The highest BCUT2D eigenvalue weighted by molar-refractivity contribution is 9.10. The smallest absolute Gasteiger partial charge is 0.234 e. The van der Waals surface area contributed by atoms with Gasteiger partial charge in [0.1, 0.15) is 11.5 Å². The number of methoxy groups -OCH3 is 2. The molecule has 0 spiro atoms. The highest BCUT2D eigenvalue weighted by Crippen LogP contribution is 2.35. The fourth-order valence-electron chi connectivity index (χ4n) is 1.99. The number of benzene rings is 2. The van der Waals surface area contributed by atoms with E-state index in [1.54, 1.807) is 23.9 Å². The topological polar surface area (TPSA) is 47.6 Å². The monoisotopic (exact) mass is 429 g/mol. The van der Waals surface area contributed by atoms with Crippen LogP contribution in [0.2, 0.25) is 5.02 Å². The van der Waals surface area contributed by atoms with E-state index < -0.39 is 0 Å². The maximum absolute atomic E-state index is 12.1. The molecule has 0 aliphatic carbocycles.